The van der Waals surface area contributed by atoms with Crippen molar-refractivity contribution in [3.63, 3.8) is 0 Å². The summed E-state index contributed by atoms with van der Waals surface area (Å²) in [6, 6.07) is 0. The highest BCUT2D eigenvalue weighted by Gasteiger charge is 2.45. The van der Waals surface area contributed by atoms with E-state index in [1.54, 1.807) is 0 Å². The summed E-state index contributed by atoms with van der Waals surface area (Å²) in [7, 11) is 4.07. The fourth-order valence-corrected chi connectivity index (χ4v) is 3.05. The molecule has 0 atom stereocenters. The van der Waals surface area contributed by atoms with Crippen molar-refractivity contribution in [2.24, 2.45) is 0 Å². The van der Waals surface area contributed by atoms with Crippen molar-refractivity contribution in [3.05, 3.63) is 0 Å². The molecule has 0 aliphatic carbocycles. The third-order valence-electron chi connectivity index (χ3n) is 3.12. The lowest BCUT2D eigenvalue weighted by atomic mass is 9.75. The molecule has 1 heterocycles. The molecule has 0 saturated carbocycles. The van der Waals surface area contributed by atoms with Crippen LogP contribution in [0.1, 0.15) is 40.5 Å². The quantitative estimate of drug-likeness (QED) is 0.582. The fraction of sp³-hybridized carbons (Fsp3) is 1.00. The van der Waals surface area contributed by atoms with E-state index in [0.29, 0.717) is 0 Å². The Kier molecular flexibility index (Phi) is 2.96. The number of rotatable bonds is 2. The molecule has 0 bridgehead atoms. The average Bonchev–Trinajstić information content (AvgIpc) is 1.98. The maximum Gasteiger partial charge on any atom is 0.0717 e. The standard InChI is InChI=1S/C11H25N3/c1-9(2)7-11(12-5,13-6)8-10(3,4)14-9/h12-14H,7-8H2,1-6H3. The zero-order valence-corrected chi connectivity index (χ0v) is 10.4. The van der Waals surface area contributed by atoms with Gasteiger partial charge in [-0.1, -0.05) is 0 Å². The number of piperidine rings is 1. The van der Waals surface area contributed by atoms with E-state index in [1.165, 1.54) is 0 Å². The molecule has 1 fully saturated rings. The van der Waals surface area contributed by atoms with Crippen LogP contribution in [-0.2, 0) is 0 Å². The summed E-state index contributed by atoms with van der Waals surface area (Å²) in [5.74, 6) is 0. The highest BCUT2D eigenvalue weighted by Crippen LogP contribution is 2.33. The average molecular weight is 199 g/mol. The topological polar surface area (TPSA) is 36.1 Å². The van der Waals surface area contributed by atoms with Gasteiger partial charge in [-0.2, -0.15) is 0 Å². The van der Waals surface area contributed by atoms with E-state index in [-0.39, 0.29) is 16.7 Å². The highest BCUT2D eigenvalue weighted by molar-refractivity contribution is 5.05. The summed E-state index contributed by atoms with van der Waals surface area (Å²) in [4.78, 5) is 0. The molecule has 1 saturated heterocycles. The van der Waals surface area contributed by atoms with Gasteiger partial charge >= 0.3 is 0 Å². The molecule has 1 rings (SSSR count). The van der Waals surface area contributed by atoms with Crippen LogP contribution in [-0.4, -0.2) is 30.8 Å². The Labute approximate surface area is 88.0 Å². The minimum absolute atomic E-state index is 0.0677. The van der Waals surface area contributed by atoms with Crippen LogP contribution in [0, 0.1) is 0 Å². The Morgan fingerprint density at radius 2 is 1.21 bits per heavy atom. The Balaban J connectivity index is 2.90. The minimum Gasteiger partial charge on any atom is -0.307 e. The van der Waals surface area contributed by atoms with Gasteiger partial charge in [-0.25, -0.2) is 0 Å². The van der Waals surface area contributed by atoms with Crippen molar-refractivity contribution in [3.8, 4) is 0 Å². The van der Waals surface area contributed by atoms with E-state index < -0.39 is 0 Å². The molecule has 0 unspecified atom stereocenters. The molecule has 0 aromatic heterocycles. The summed E-state index contributed by atoms with van der Waals surface area (Å²) >= 11 is 0. The predicted octanol–water partition coefficient (Wildman–Crippen LogP) is 1.06. The van der Waals surface area contributed by atoms with Gasteiger partial charge in [0, 0.05) is 11.1 Å². The zero-order chi connectivity index (χ0) is 11.0. The van der Waals surface area contributed by atoms with E-state index in [9.17, 15) is 0 Å². The second-order valence-electron chi connectivity index (χ2n) is 5.83. The Morgan fingerprint density at radius 1 is 0.857 bits per heavy atom. The van der Waals surface area contributed by atoms with Crippen LogP contribution in [0.5, 0.6) is 0 Å². The Morgan fingerprint density at radius 3 is 1.50 bits per heavy atom. The van der Waals surface area contributed by atoms with E-state index in [0.717, 1.165) is 12.8 Å². The van der Waals surface area contributed by atoms with Crippen LogP contribution in [0.2, 0.25) is 0 Å². The van der Waals surface area contributed by atoms with E-state index >= 15 is 0 Å². The Bertz CT molecular complexity index is 187. The second-order valence-corrected chi connectivity index (χ2v) is 5.83. The maximum absolute atomic E-state index is 3.68. The summed E-state index contributed by atoms with van der Waals surface area (Å²) < 4.78 is 0. The first-order chi connectivity index (χ1) is 6.24. The summed E-state index contributed by atoms with van der Waals surface area (Å²) in [6.45, 7) is 9.04. The first-order valence-corrected chi connectivity index (χ1v) is 5.41. The molecule has 0 radical (unpaired) electrons. The van der Waals surface area contributed by atoms with Crippen LogP contribution < -0.4 is 16.0 Å². The molecule has 3 heteroatoms. The first-order valence-electron chi connectivity index (χ1n) is 5.41. The number of hydrogen-bond acceptors (Lipinski definition) is 3. The lowest BCUT2D eigenvalue weighted by molar-refractivity contribution is 0.0674. The SMILES string of the molecule is CNC1(NC)CC(C)(C)NC(C)(C)C1. The van der Waals surface area contributed by atoms with Gasteiger partial charge in [0.05, 0.1) is 5.66 Å². The third kappa shape index (κ3) is 2.47. The lowest BCUT2D eigenvalue weighted by Crippen LogP contribution is -2.71. The van der Waals surface area contributed by atoms with Crippen molar-refractivity contribution < 1.29 is 0 Å². The van der Waals surface area contributed by atoms with Gasteiger partial charge in [0.15, 0.2) is 0 Å². The molecular formula is C11H25N3. The number of hydrogen-bond donors (Lipinski definition) is 3. The minimum atomic E-state index is 0.0677. The van der Waals surface area contributed by atoms with Crippen LogP contribution in [0.25, 0.3) is 0 Å². The van der Waals surface area contributed by atoms with Crippen LogP contribution in [0.3, 0.4) is 0 Å². The summed E-state index contributed by atoms with van der Waals surface area (Å²) in [5.41, 5.74) is 0.416. The van der Waals surface area contributed by atoms with Crippen molar-refractivity contribution in [2.75, 3.05) is 14.1 Å². The summed E-state index contributed by atoms with van der Waals surface area (Å²) in [5, 5.41) is 10.5. The third-order valence-corrected chi connectivity index (χ3v) is 3.12. The summed E-state index contributed by atoms with van der Waals surface area (Å²) in [6.07, 6.45) is 2.19. The van der Waals surface area contributed by atoms with Gasteiger partial charge in [-0.15, -0.1) is 0 Å². The predicted molar refractivity (Wildman–Crippen MR) is 61.4 cm³/mol. The smallest absolute Gasteiger partial charge is 0.0717 e. The van der Waals surface area contributed by atoms with E-state index in [1.807, 2.05) is 14.1 Å². The highest BCUT2D eigenvalue weighted by atomic mass is 15.2. The molecule has 0 spiro atoms. The second kappa shape index (κ2) is 3.47. The molecule has 0 aromatic carbocycles. The Hall–Kier alpha value is -0.120. The molecule has 1 aliphatic rings. The first kappa shape index (κ1) is 12.0. The van der Waals surface area contributed by atoms with Crippen LogP contribution in [0.15, 0.2) is 0 Å². The van der Waals surface area contributed by atoms with Gasteiger partial charge in [-0.05, 0) is 54.6 Å². The fourth-order valence-electron chi connectivity index (χ4n) is 3.05. The molecule has 84 valence electrons. The van der Waals surface area contributed by atoms with Gasteiger partial charge in [0.1, 0.15) is 0 Å². The molecule has 3 nitrogen and oxygen atoms in total. The van der Waals surface area contributed by atoms with Gasteiger partial charge in [0.2, 0.25) is 0 Å². The molecule has 0 amide bonds. The van der Waals surface area contributed by atoms with Crippen molar-refractivity contribution in [1.29, 1.82) is 0 Å². The largest absolute Gasteiger partial charge is 0.307 e. The van der Waals surface area contributed by atoms with Gasteiger partial charge < -0.3 is 16.0 Å². The molecule has 0 aromatic rings. The van der Waals surface area contributed by atoms with Gasteiger partial charge in [-0.3, -0.25) is 0 Å². The lowest BCUT2D eigenvalue weighted by Gasteiger charge is -2.53. The molecule has 3 N–H and O–H groups in total. The van der Waals surface area contributed by atoms with Crippen molar-refractivity contribution >= 4 is 0 Å². The normalized spacial score (nSPS) is 28.7. The molecular weight excluding hydrogens is 174 g/mol. The van der Waals surface area contributed by atoms with Crippen LogP contribution in [0.4, 0.5) is 0 Å². The van der Waals surface area contributed by atoms with Crippen molar-refractivity contribution in [1.82, 2.24) is 16.0 Å². The number of nitrogens with one attached hydrogen (secondary N) is 3. The zero-order valence-electron chi connectivity index (χ0n) is 10.4. The monoisotopic (exact) mass is 199 g/mol. The molecule has 1 aliphatic heterocycles. The van der Waals surface area contributed by atoms with Gasteiger partial charge in [0.25, 0.3) is 0 Å². The van der Waals surface area contributed by atoms with E-state index in [4.69, 9.17) is 0 Å². The van der Waals surface area contributed by atoms with E-state index in [2.05, 4.69) is 43.6 Å². The molecule has 14 heavy (non-hydrogen) atoms. The van der Waals surface area contributed by atoms with Crippen molar-refractivity contribution in [2.45, 2.75) is 57.3 Å². The maximum atomic E-state index is 3.68. The van der Waals surface area contributed by atoms with Crippen LogP contribution >= 0.6 is 0 Å².